The normalized spacial score (nSPS) is 10.1. The van der Waals surface area contributed by atoms with Crippen molar-refractivity contribution in [1.29, 1.82) is 0 Å². The molecule has 0 aliphatic rings. The Hall–Kier alpha value is -1.26. The summed E-state index contributed by atoms with van der Waals surface area (Å²) in [6.07, 6.45) is 3.63. The number of nitrogen functional groups attached to an aromatic ring is 1. The van der Waals surface area contributed by atoms with Gasteiger partial charge in [0.25, 0.3) is 0 Å². The van der Waals surface area contributed by atoms with E-state index in [1.807, 2.05) is 19.3 Å². The highest BCUT2D eigenvalue weighted by molar-refractivity contribution is 5.85. The van der Waals surface area contributed by atoms with E-state index in [0.717, 1.165) is 23.1 Å². The Morgan fingerprint density at radius 1 is 1.57 bits per heavy atom. The second-order valence-electron chi connectivity index (χ2n) is 3.01. The summed E-state index contributed by atoms with van der Waals surface area (Å²) in [4.78, 5) is 7.39. The number of pyridine rings is 1. The fourth-order valence-corrected chi connectivity index (χ4v) is 1.41. The number of nitrogens with one attached hydrogen (secondary N) is 2. The van der Waals surface area contributed by atoms with Crippen LogP contribution in [0, 0.1) is 0 Å². The minimum absolute atomic E-state index is 0. The van der Waals surface area contributed by atoms with Gasteiger partial charge in [0.2, 0.25) is 0 Å². The lowest BCUT2D eigenvalue weighted by atomic mass is 10.2. The second kappa shape index (κ2) is 4.30. The number of nitrogens with two attached hydrogens (primary N) is 1. The van der Waals surface area contributed by atoms with Crippen LogP contribution in [0.2, 0.25) is 0 Å². The first-order valence-corrected chi connectivity index (χ1v) is 4.17. The minimum atomic E-state index is 0. The molecule has 0 atom stereocenters. The molecule has 2 heterocycles. The number of hydrogen-bond donors (Lipinski definition) is 3. The molecule has 5 heteroatoms. The quantitative estimate of drug-likeness (QED) is 0.703. The standard InChI is InChI=1S/C9H12N4.ClH/c1-11-3-6-4-12-8-2-7(10)5-13-9(6)8;/h2,4-5,11-12H,3,10H2,1H3;1H. The summed E-state index contributed by atoms with van der Waals surface area (Å²) in [6, 6.07) is 1.89. The van der Waals surface area contributed by atoms with Gasteiger partial charge in [0.05, 0.1) is 22.9 Å². The number of anilines is 1. The van der Waals surface area contributed by atoms with Crippen LogP contribution in [-0.4, -0.2) is 17.0 Å². The zero-order valence-electron chi connectivity index (χ0n) is 7.87. The maximum Gasteiger partial charge on any atom is 0.0925 e. The Morgan fingerprint density at radius 2 is 2.36 bits per heavy atom. The van der Waals surface area contributed by atoms with Crippen molar-refractivity contribution in [2.45, 2.75) is 6.54 Å². The Balaban J connectivity index is 0.000000980. The van der Waals surface area contributed by atoms with Gasteiger partial charge in [-0.15, -0.1) is 12.4 Å². The molecule has 0 aromatic carbocycles. The predicted octanol–water partition coefficient (Wildman–Crippen LogP) is 1.29. The van der Waals surface area contributed by atoms with Crippen molar-refractivity contribution in [3.8, 4) is 0 Å². The molecular formula is C9H13ClN4. The highest BCUT2D eigenvalue weighted by Gasteiger charge is 2.03. The van der Waals surface area contributed by atoms with Crippen LogP contribution in [0.3, 0.4) is 0 Å². The van der Waals surface area contributed by atoms with Gasteiger partial charge in [-0.3, -0.25) is 4.98 Å². The van der Waals surface area contributed by atoms with Crippen LogP contribution in [0.4, 0.5) is 5.69 Å². The van der Waals surface area contributed by atoms with Crippen LogP contribution in [-0.2, 0) is 6.54 Å². The van der Waals surface area contributed by atoms with Crippen LogP contribution >= 0.6 is 12.4 Å². The van der Waals surface area contributed by atoms with Gasteiger partial charge < -0.3 is 16.0 Å². The van der Waals surface area contributed by atoms with Crippen LogP contribution in [0.15, 0.2) is 18.5 Å². The lowest BCUT2D eigenvalue weighted by Gasteiger charge is -1.96. The van der Waals surface area contributed by atoms with E-state index in [2.05, 4.69) is 15.3 Å². The van der Waals surface area contributed by atoms with E-state index >= 15 is 0 Å². The molecule has 0 radical (unpaired) electrons. The van der Waals surface area contributed by atoms with Gasteiger partial charge in [0.1, 0.15) is 0 Å². The summed E-state index contributed by atoms with van der Waals surface area (Å²) in [6.45, 7) is 0.816. The molecule has 4 N–H and O–H groups in total. The lowest BCUT2D eigenvalue weighted by Crippen LogP contribution is -2.04. The molecule has 0 saturated carbocycles. The molecule has 2 rings (SSSR count). The number of H-pyrrole nitrogens is 1. The molecule has 0 saturated heterocycles. The summed E-state index contributed by atoms with van der Waals surface area (Å²) in [5.41, 5.74) is 9.44. The van der Waals surface area contributed by atoms with Crippen molar-refractivity contribution in [3.63, 3.8) is 0 Å². The summed E-state index contributed by atoms with van der Waals surface area (Å²) in [7, 11) is 1.91. The lowest BCUT2D eigenvalue weighted by molar-refractivity contribution is 0.822. The summed E-state index contributed by atoms with van der Waals surface area (Å²) in [5.74, 6) is 0. The third-order valence-corrected chi connectivity index (χ3v) is 1.98. The maximum atomic E-state index is 5.61. The van der Waals surface area contributed by atoms with Gasteiger partial charge in [0, 0.05) is 18.3 Å². The van der Waals surface area contributed by atoms with Gasteiger partial charge in [-0.05, 0) is 13.1 Å². The van der Waals surface area contributed by atoms with Crippen LogP contribution in [0.5, 0.6) is 0 Å². The summed E-state index contributed by atoms with van der Waals surface area (Å²) < 4.78 is 0. The van der Waals surface area contributed by atoms with Crippen molar-refractivity contribution in [1.82, 2.24) is 15.3 Å². The summed E-state index contributed by atoms with van der Waals surface area (Å²) >= 11 is 0. The van der Waals surface area contributed by atoms with Gasteiger partial charge in [-0.1, -0.05) is 0 Å². The maximum absolute atomic E-state index is 5.61. The zero-order chi connectivity index (χ0) is 9.26. The van der Waals surface area contributed by atoms with E-state index in [1.165, 1.54) is 0 Å². The molecule has 0 spiro atoms. The largest absolute Gasteiger partial charge is 0.397 e. The third kappa shape index (κ3) is 1.81. The number of halogens is 1. The van der Waals surface area contributed by atoms with Crippen molar-refractivity contribution in [2.75, 3.05) is 12.8 Å². The molecule has 0 fully saturated rings. The van der Waals surface area contributed by atoms with Crippen molar-refractivity contribution < 1.29 is 0 Å². The first-order chi connectivity index (χ1) is 6.31. The van der Waals surface area contributed by atoms with E-state index < -0.39 is 0 Å². The average Bonchev–Trinajstić information content (AvgIpc) is 2.49. The SMILES string of the molecule is CNCc1c[nH]c2cc(N)cnc12.Cl. The van der Waals surface area contributed by atoms with E-state index in [4.69, 9.17) is 5.73 Å². The fraction of sp³-hybridized carbons (Fsp3) is 0.222. The fourth-order valence-electron chi connectivity index (χ4n) is 1.41. The molecule has 2 aromatic heterocycles. The molecule has 14 heavy (non-hydrogen) atoms. The number of aromatic nitrogens is 2. The van der Waals surface area contributed by atoms with E-state index in [1.54, 1.807) is 6.20 Å². The number of fused-ring (bicyclic) bond motifs is 1. The van der Waals surface area contributed by atoms with Crippen LogP contribution in [0.25, 0.3) is 11.0 Å². The second-order valence-corrected chi connectivity index (χ2v) is 3.01. The van der Waals surface area contributed by atoms with Gasteiger partial charge >= 0.3 is 0 Å². The zero-order valence-corrected chi connectivity index (χ0v) is 8.69. The average molecular weight is 213 g/mol. The first kappa shape index (κ1) is 10.8. The first-order valence-electron chi connectivity index (χ1n) is 4.17. The minimum Gasteiger partial charge on any atom is -0.397 e. The molecule has 0 unspecified atom stereocenters. The van der Waals surface area contributed by atoms with Gasteiger partial charge in [-0.2, -0.15) is 0 Å². The highest BCUT2D eigenvalue weighted by atomic mass is 35.5. The third-order valence-electron chi connectivity index (χ3n) is 1.98. The molecule has 0 aliphatic carbocycles. The molecule has 0 amide bonds. The number of hydrogen-bond acceptors (Lipinski definition) is 3. The van der Waals surface area contributed by atoms with Crippen LogP contribution < -0.4 is 11.1 Å². The van der Waals surface area contributed by atoms with Gasteiger partial charge in [-0.25, -0.2) is 0 Å². The Kier molecular flexibility index (Phi) is 3.33. The molecule has 0 bridgehead atoms. The smallest absolute Gasteiger partial charge is 0.0925 e. The molecule has 2 aromatic rings. The van der Waals surface area contributed by atoms with Gasteiger partial charge in [0.15, 0.2) is 0 Å². The molecule has 0 aliphatic heterocycles. The van der Waals surface area contributed by atoms with Crippen LogP contribution in [0.1, 0.15) is 5.56 Å². The number of rotatable bonds is 2. The van der Waals surface area contributed by atoms with E-state index in [9.17, 15) is 0 Å². The molecule has 76 valence electrons. The Morgan fingerprint density at radius 3 is 3.07 bits per heavy atom. The number of nitrogens with zero attached hydrogens (tertiary/aromatic N) is 1. The van der Waals surface area contributed by atoms with E-state index in [-0.39, 0.29) is 12.4 Å². The molecule has 4 nitrogen and oxygen atoms in total. The topological polar surface area (TPSA) is 66.7 Å². The van der Waals surface area contributed by atoms with Crippen molar-refractivity contribution in [3.05, 3.63) is 24.0 Å². The Bertz CT molecular complexity index is 424. The van der Waals surface area contributed by atoms with Crippen molar-refractivity contribution >= 4 is 29.1 Å². The van der Waals surface area contributed by atoms with Crippen molar-refractivity contribution in [2.24, 2.45) is 0 Å². The molecular weight excluding hydrogens is 200 g/mol. The Labute approximate surface area is 88.3 Å². The predicted molar refractivity (Wildman–Crippen MR) is 60.5 cm³/mol. The van der Waals surface area contributed by atoms with E-state index in [0.29, 0.717) is 5.69 Å². The summed E-state index contributed by atoms with van der Waals surface area (Å²) in [5, 5.41) is 3.09. The monoisotopic (exact) mass is 212 g/mol. The highest BCUT2D eigenvalue weighted by Crippen LogP contribution is 2.17. The number of aromatic amines is 1.